The first kappa shape index (κ1) is 25.1. The van der Waals surface area contributed by atoms with E-state index in [0.29, 0.717) is 12.0 Å². The lowest BCUT2D eigenvalue weighted by Crippen LogP contribution is -2.39. The normalized spacial score (nSPS) is 12.8. The number of rotatable bonds is 10. The van der Waals surface area contributed by atoms with E-state index in [4.69, 9.17) is 4.74 Å². The molecule has 0 heterocycles. The highest BCUT2D eigenvalue weighted by Crippen LogP contribution is 2.10. The van der Waals surface area contributed by atoms with Gasteiger partial charge in [0, 0.05) is 33.3 Å². The van der Waals surface area contributed by atoms with E-state index in [9.17, 15) is 0 Å². The molecule has 0 aliphatic heterocycles. The van der Waals surface area contributed by atoms with Gasteiger partial charge in [0.05, 0.1) is 6.10 Å². The van der Waals surface area contributed by atoms with E-state index < -0.39 is 0 Å². The molecular formula is C20H37IN4O. The summed E-state index contributed by atoms with van der Waals surface area (Å²) in [7, 11) is 5.98. The summed E-state index contributed by atoms with van der Waals surface area (Å²) >= 11 is 0. The average molecular weight is 476 g/mol. The number of benzene rings is 1. The second-order valence-electron chi connectivity index (χ2n) is 6.94. The molecule has 2 N–H and O–H groups in total. The van der Waals surface area contributed by atoms with Crippen LogP contribution in [0.3, 0.4) is 0 Å². The van der Waals surface area contributed by atoms with Crippen LogP contribution in [-0.2, 0) is 17.8 Å². The Hall–Kier alpha value is -0.860. The van der Waals surface area contributed by atoms with E-state index >= 15 is 0 Å². The molecule has 0 saturated carbocycles. The van der Waals surface area contributed by atoms with Crippen LogP contribution in [0.2, 0.25) is 0 Å². The van der Waals surface area contributed by atoms with Crippen LogP contribution in [-0.4, -0.2) is 51.3 Å². The number of guanidine groups is 1. The molecule has 0 saturated heterocycles. The molecule has 1 aromatic carbocycles. The molecule has 0 aliphatic rings. The Labute approximate surface area is 177 Å². The summed E-state index contributed by atoms with van der Waals surface area (Å²) < 4.78 is 5.79. The van der Waals surface area contributed by atoms with Gasteiger partial charge in [-0.1, -0.05) is 38.1 Å². The largest absolute Gasteiger partial charge is 0.378 e. The molecule has 0 fully saturated rings. The molecule has 0 aromatic heterocycles. The number of hydrogen-bond acceptors (Lipinski definition) is 3. The lowest BCUT2D eigenvalue weighted by atomic mass is 10.0. The van der Waals surface area contributed by atoms with Gasteiger partial charge in [-0.25, -0.2) is 0 Å². The van der Waals surface area contributed by atoms with Crippen molar-refractivity contribution in [2.75, 3.05) is 34.3 Å². The van der Waals surface area contributed by atoms with Gasteiger partial charge < -0.3 is 20.3 Å². The van der Waals surface area contributed by atoms with Crippen LogP contribution in [0, 0.1) is 5.92 Å². The summed E-state index contributed by atoms with van der Waals surface area (Å²) in [6.07, 6.45) is 1.27. The monoisotopic (exact) mass is 476 g/mol. The lowest BCUT2D eigenvalue weighted by Gasteiger charge is -2.21. The van der Waals surface area contributed by atoms with E-state index in [2.05, 4.69) is 72.7 Å². The van der Waals surface area contributed by atoms with Gasteiger partial charge in [0.1, 0.15) is 0 Å². The summed E-state index contributed by atoms with van der Waals surface area (Å²) in [5.74, 6) is 1.35. The fourth-order valence-corrected chi connectivity index (χ4v) is 2.77. The zero-order valence-corrected chi connectivity index (χ0v) is 19.5. The van der Waals surface area contributed by atoms with Crippen LogP contribution >= 0.6 is 24.0 Å². The molecule has 150 valence electrons. The molecule has 0 bridgehead atoms. The van der Waals surface area contributed by atoms with Crippen LogP contribution in [0.15, 0.2) is 29.3 Å². The van der Waals surface area contributed by atoms with Crippen molar-refractivity contribution in [1.29, 1.82) is 0 Å². The van der Waals surface area contributed by atoms with Gasteiger partial charge in [0.25, 0.3) is 0 Å². The molecule has 1 rings (SSSR count). The molecule has 26 heavy (non-hydrogen) atoms. The van der Waals surface area contributed by atoms with E-state index in [1.165, 1.54) is 11.1 Å². The third-order valence-electron chi connectivity index (χ3n) is 4.02. The third kappa shape index (κ3) is 10.3. The minimum atomic E-state index is 0. The second-order valence-corrected chi connectivity index (χ2v) is 6.94. The Kier molecular flexibility index (Phi) is 13.8. The Bertz CT molecular complexity index is 520. The fourth-order valence-electron chi connectivity index (χ4n) is 2.77. The number of nitrogens with zero attached hydrogens (tertiary/aromatic N) is 2. The minimum Gasteiger partial charge on any atom is -0.378 e. The Morgan fingerprint density at radius 1 is 1.19 bits per heavy atom. The minimum absolute atomic E-state index is 0. The first-order chi connectivity index (χ1) is 12.0. The molecule has 1 aromatic rings. The quantitative estimate of drug-likeness (QED) is 0.309. The summed E-state index contributed by atoms with van der Waals surface area (Å²) in [5.41, 5.74) is 2.58. The Balaban J connectivity index is 0.00000625. The van der Waals surface area contributed by atoms with Gasteiger partial charge in [-0.15, -0.1) is 24.0 Å². The first-order valence-electron chi connectivity index (χ1n) is 9.24. The number of halogens is 1. The van der Waals surface area contributed by atoms with Crippen LogP contribution in [0.25, 0.3) is 0 Å². The standard InChI is InChI=1S/C20H36N4O.HI/c1-7-25-19(16(2)3)11-12-22-20(21-4)23-14-17-9-8-10-18(13-17)15-24(5)6;/h8-10,13,16,19H,7,11-12,14-15H2,1-6H3,(H2,21,22,23);1H. The molecule has 0 radical (unpaired) electrons. The smallest absolute Gasteiger partial charge is 0.191 e. The summed E-state index contributed by atoms with van der Waals surface area (Å²) in [4.78, 5) is 6.48. The Morgan fingerprint density at radius 2 is 1.88 bits per heavy atom. The molecule has 0 amide bonds. The molecule has 0 aliphatic carbocycles. The predicted molar refractivity (Wildman–Crippen MR) is 122 cm³/mol. The van der Waals surface area contributed by atoms with Gasteiger partial charge in [0.2, 0.25) is 0 Å². The molecule has 1 unspecified atom stereocenters. The molecule has 0 spiro atoms. The lowest BCUT2D eigenvalue weighted by molar-refractivity contribution is 0.0258. The van der Waals surface area contributed by atoms with Crippen LogP contribution in [0.4, 0.5) is 0 Å². The number of ether oxygens (including phenoxy) is 1. The van der Waals surface area contributed by atoms with Crippen molar-refractivity contribution in [3.63, 3.8) is 0 Å². The predicted octanol–water partition coefficient (Wildman–Crippen LogP) is 3.48. The number of hydrogen-bond donors (Lipinski definition) is 2. The van der Waals surface area contributed by atoms with E-state index in [0.717, 1.165) is 38.6 Å². The SMILES string of the molecule is CCOC(CCNC(=NC)NCc1cccc(CN(C)C)c1)C(C)C.I. The highest BCUT2D eigenvalue weighted by molar-refractivity contribution is 14.0. The van der Waals surface area contributed by atoms with Crippen LogP contribution in [0.5, 0.6) is 0 Å². The van der Waals surface area contributed by atoms with Crippen molar-refractivity contribution in [1.82, 2.24) is 15.5 Å². The van der Waals surface area contributed by atoms with Crippen molar-refractivity contribution in [2.24, 2.45) is 10.9 Å². The maximum Gasteiger partial charge on any atom is 0.191 e. The highest BCUT2D eigenvalue weighted by Gasteiger charge is 2.12. The average Bonchev–Trinajstić information content (AvgIpc) is 2.56. The maximum atomic E-state index is 5.79. The van der Waals surface area contributed by atoms with Crippen molar-refractivity contribution in [3.05, 3.63) is 35.4 Å². The van der Waals surface area contributed by atoms with Crippen molar-refractivity contribution < 1.29 is 4.74 Å². The zero-order chi connectivity index (χ0) is 18.7. The van der Waals surface area contributed by atoms with Crippen molar-refractivity contribution >= 4 is 29.9 Å². The highest BCUT2D eigenvalue weighted by atomic mass is 127. The Morgan fingerprint density at radius 3 is 2.46 bits per heavy atom. The van der Waals surface area contributed by atoms with E-state index in [-0.39, 0.29) is 24.0 Å². The van der Waals surface area contributed by atoms with E-state index in [1.807, 2.05) is 6.92 Å². The van der Waals surface area contributed by atoms with E-state index in [1.54, 1.807) is 7.05 Å². The molecule has 6 heteroatoms. The molecular weight excluding hydrogens is 439 g/mol. The van der Waals surface area contributed by atoms with Gasteiger partial charge in [-0.2, -0.15) is 0 Å². The fraction of sp³-hybridized carbons (Fsp3) is 0.650. The third-order valence-corrected chi connectivity index (χ3v) is 4.02. The molecule has 1 atom stereocenters. The van der Waals surface area contributed by atoms with Crippen molar-refractivity contribution in [3.8, 4) is 0 Å². The van der Waals surface area contributed by atoms with Crippen LogP contribution in [0.1, 0.15) is 38.3 Å². The maximum absolute atomic E-state index is 5.79. The van der Waals surface area contributed by atoms with Gasteiger partial charge in [-0.3, -0.25) is 4.99 Å². The van der Waals surface area contributed by atoms with Gasteiger partial charge >= 0.3 is 0 Å². The second kappa shape index (κ2) is 14.2. The van der Waals surface area contributed by atoms with Crippen LogP contribution < -0.4 is 10.6 Å². The molecule has 5 nitrogen and oxygen atoms in total. The van der Waals surface area contributed by atoms with Gasteiger partial charge in [-0.05, 0) is 44.5 Å². The summed E-state index contributed by atoms with van der Waals surface area (Å²) in [6, 6.07) is 8.66. The topological polar surface area (TPSA) is 48.9 Å². The zero-order valence-electron chi connectivity index (χ0n) is 17.2. The van der Waals surface area contributed by atoms with Gasteiger partial charge in [0.15, 0.2) is 5.96 Å². The summed E-state index contributed by atoms with van der Waals surface area (Å²) in [5, 5.41) is 6.77. The van der Waals surface area contributed by atoms with Crippen molar-refractivity contribution in [2.45, 2.75) is 46.4 Å². The summed E-state index contributed by atoms with van der Waals surface area (Å²) in [6.45, 7) is 9.78. The first-order valence-corrected chi connectivity index (χ1v) is 9.24. The number of nitrogens with one attached hydrogen (secondary N) is 2. The number of aliphatic imine (C=N–C) groups is 1.